The maximum atomic E-state index is 14.0. The minimum Gasteiger partial charge on any atom is -0.467 e. The molecular formula is C19H22FN3O3. The number of hydrogen-bond donors (Lipinski definition) is 1. The predicted octanol–water partition coefficient (Wildman–Crippen LogP) is 2.93. The lowest BCUT2D eigenvalue weighted by atomic mass is 9.81. The lowest BCUT2D eigenvalue weighted by Crippen LogP contribution is -2.56. The molecule has 1 amide bonds. The molecule has 1 aromatic carbocycles. The third-order valence-electron chi connectivity index (χ3n) is 4.97. The number of esters is 1. The van der Waals surface area contributed by atoms with E-state index in [-0.39, 0.29) is 5.69 Å². The summed E-state index contributed by atoms with van der Waals surface area (Å²) in [6, 6.07) is 6.22. The summed E-state index contributed by atoms with van der Waals surface area (Å²) in [6.07, 6.45) is 5.22. The van der Waals surface area contributed by atoms with Crippen LogP contribution in [0, 0.1) is 12.7 Å². The average molecular weight is 359 g/mol. The molecule has 0 bridgehead atoms. The summed E-state index contributed by atoms with van der Waals surface area (Å²) in [5.74, 6) is -1.26. The second-order valence-electron chi connectivity index (χ2n) is 6.60. The van der Waals surface area contributed by atoms with Gasteiger partial charge in [-0.2, -0.15) is 5.10 Å². The molecule has 7 heteroatoms. The van der Waals surface area contributed by atoms with E-state index in [4.69, 9.17) is 4.74 Å². The molecule has 0 spiro atoms. The van der Waals surface area contributed by atoms with Crippen molar-refractivity contribution in [3.8, 4) is 5.69 Å². The topological polar surface area (TPSA) is 73.2 Å². The fourth-order valence-electron chi connectivity index (χ4n) is 3.51. The Morgan fingerprint density at radius 2 is 1.92 bits per heavy atom. The van der Waals surface area contributed by atoms with Crippen molar-refractivity contribution in [2.75, 3.05) is 7.11 Å². The van der Waals surface area contributed by atoms with E-state index in [9.17, 15) is 14.0 Å². The maximum Gasteiger partial charge on any atom is 0.331 e. The van der Waals surface area contributed by atoms with Crippen molar-refractivity contribution < 1.29 is 18.7 Å². The number of carbonyl (C=O) groups excluding carboxylic acids is 2. The fraction of sp³-hybridized carbons (Fsp3) is 0.421. The van der Waals surface area contributed by atoms with E-state index in [0.717, 1.165) is 19.3 Å². The number of ether oxygens (including phenoxy) is 1. The minimum absolute atomic E-state index is 0.268. The van der Waals surface area contributed by atoms with Gasteiger partial charge in [0.25, 0.3) is 5.91 Å². The van der Waals surface area contributed by atoms with E-state index in [1.54, 1.807) is 25.1 Å². The molecule has 1 aromatic heterocycles. The van der Waals surface area contributed by atoms with Crippen LogP contribution in [0.3, 0.4) is 0 Å². The molecule has 0 unspecified atom stereocenters. The largest absolute Gasteiger partial charge is 0.467 e. The molecule has 0 saturated heterocycles. The van der Waals surface area contributed by atoms with Gasteiger partial charge in [0.2, 0.25) is 0 Å². The number of nitrogens with one attached hydrogen (secondary N) is 1. The molecular weight excluding hydrogens is 337 g/mol. The Hall–Kier alpha value is -2.70. The first kappa shape index (κ1) is 18.1. The third kappa shape index (κ3) is 3.21. The summed E-state index contributed by atoms with van der Waals surface area (Å²) in [4.78, 5) is 25.1. The maximum absolute atomic E-state index is 14.0. The number of rotatable bonds is 4. The van der Waals surface area contributed by atoms with Crippen molar-refractivity contribution in [1.29, 1.82) is 0 Å². The van der Waals surface area contributed by atoms with Crippen LogP contribution in [0.1, 0.15) is 48.2 Å². The average Bonchev–Trinajstić information content (AvgIpc) is 3.03. The van der Waals surface area contributed by atoms with E-state index in [0.29, 0.717) is 24.1 Å². The first-order valence-corrected chi connectivity index (χ1v) is 8.69. The summed E-state index contributed by atoms with van der Waals surface area (Å²) in [5.41, 5.74) is 0.0753. The van der Waals surface area contributed by atoms with Crippen molar-refractivity contribution in [2.24, 2.45) is 0 Å². The number of para-hydroxylation sites is 1. The van der Waals surface area contributed by atoms with Crippen LogP contribution in [0.4, 0.5) is 4.39 Å². The molecule has 3 rings (SSSR count). The Labute approximate surface area is 151 Å². The van der Waals surface area contributed by atoms with Gasteiger partial charge in [-0.05, 0) is 31.9 Å². The highest BCUT2D eigenvalue weighted by Gasteiger charge is 2.42. The first-order valence-electron chi connectivity index (χ1n) is 8.69. The molecule has 1 heterocycles. The SMILES string of the molecule is COC(=O)C1(NC(=O)c2cnn(-c3ccccc3F)c2C)CCCCC1. The van der Waals surface area contributed by atoms with Gasteiger partial charge in [0, 0.05) is 0 Å². The van der Waals surface area contributed by atoms with E-state index in [1.165, 1.54) is 24.1 Å². The number of aromatic nitrogens is 2. The molecule has 0 aliphatic heterocycles. The van der Waals surface area contributed by atoms with Crippen LogP contribution in [-0.4, -0.2) is 34.3 Å². The van der Waals surface area contributed by atoms with Gasteiger partial charge in [0.05, 0.1) is 24.6 Å². The van der Waals surface area contributed by atoms with Crippen LogP contribution in [0.15, 0.2) is 30.5 Å². The van der Waals surface area contributed by atoms with Crippen LogP contribution in [0.5, 0.6) is 0 Å². The van der Waals surface area contributed by atoms with Crippen molar-refractivity contribution in [2.45, 2.75) is 44.6 Å². The molecule has 1 fully saturated rings. The zero-order valence-electron chi connectivity index (χ0n) is 14.9. The highest BCUT2D eigenvalue weighted by atomic mass is 19.1. The third-order valence-corrected chi connectivity index (χ3v) is 4.97. The minimum atomic E-state index is -1.00. The first-order chi connectivity index (χ1) is 12.5. The summed E-state index contributed by atoms with van der Waals surface area (Å²) in [7, 11) is 1.33. The lowest BCUT2D eigenvalue weighted by molar-refractivity contribution is -0.149. The number of carbonyl (C=O) groups is 2. The van der Waals surface area contributed by atoms with Crippen molar-refractivity contribution in [1.82, 2.24) is 15.1 Å². The summed E-state index contributed by atoms with van der Waals surface area (Å²) < 4.78 is 20.3. The van der Waals surface area contributed by atoms with Gasteiger partial charge in [-0.3, -0.25) is 4.79 Å². The smallest absolute Gasteiger partial charge is 0.331 e. The van der Waals surface area contributed by atoms with Crippen LogP contribution < -0.4 is 5.32 Å². The Morgan fingerprint density at radius 1 is 1.23 bits per heavy atom. The van der Waals surface area contributed by atoms with Crippen LogP contribution >= 0.6 is 0 Å². The standard InChI is InChI=1S/C19H22FN3O3/c1-13-14(12-21-23(13)16-9-5-4-8-15(16)20)17(24)22-19(18(25)26-2)10-6-3-7-11-19/h4-5,8-9,12H,3,6-7,10-11H2,1-2H3,(H,22,24). The van der Waals surface area contributed by atoms with Gasteiger partial charge in [0.1, 0.15) is 17.0 Å². The monoisotopic (exact) mass is 359 g/mol. The normalized spacial score (nSPS) is 16.1. The zero-order chi connectivity index (χ0) is 18.7. The Morgan fingerprint density at radius 3 is 2.58 bits per heavy atom. The number of benzene rings is 1. The molecule has 0 atom stereocenters. The van der Waals surface area contributed by atoms with Gasteiger partial charge < -0.3 is 10.1 Å². The summed E-state index contributed by atoms with van der Waals surface area (Å²) in [5, 5.41) is 7.01. The molecule has 6 nitrogen and oxygen atoms in total. The summed E-state index contributed by atoms with van der Waals surface area (Å²) >= 11 is 0. The fourth-order valence-corrected chi connectivity index (χ4v) is 3.51. The molecule has 1 aliphatic rings. The Balaban J connectivity index is 1.89. The molecule has 138 valence electrons. The second-order valence-corrected chi connectivity index (χ2v) is 6.60. The van der Waals surface area contributed by atoms with Crippen molar-refractivity contribution in [3.05, 3.63) is 47.5 Å². The van der Waals surface area contributed by atoms with Gasteiger partial charge in [-0.25, -0.2) is 13.9 Å². The van der Waals surface area contributed by atoms with Crippen LogP contribution in [0.2, 0.25) is 0 Å². The number of methoxy groups -OCH3 is 1. The molecule has 1 N–H and O–H groups in total. The molecule has 2 aromatic rings. The van der Waals surface area contributed by atoms with Gasteiger partial charge >= 0.3 is 5.97 Å². The highest BCUT2D eigenvalue weighted by molar-refractivity contribution is 5.99. The van der Waals surface area contributed by atoms with E-state index < -0.39 is 23.2 Å². The number of hydrogen-bond acceptors (Lipinski definition) is 4. The number of halogens is 1. The van der Waals surface area contributed by atoms with Gasteiger partial charge in [-0.1, -0.05) is 31.4 Å². The van der Waals surface area contributed by atoms with Gasteiger partial charge in [0.15, 0.2) is 0 Å². The lowest BCUT2D eigenvalue weighted by Gasteiger charge is -2.35. The van der Waals surface area contributed by atoms with E-state index in [1.807, 2.05) is 0 Å². The van der Waals surface area contributed by atoms with Crippen molar-refractivity contribution >= 4 is 11.9 Å². The zero-order valence-corrected chi connectivity index (χ0v) is 14.9. The Kier molecular flexibility index (Phi) is 5.06. The summed E-state index contributed by atoms with van der Waals surface area (Å²) in [6.45, 7) is 1.69. The molecule has 1 saturated carbocycles. The van der Waals surface area contributed by atoms with Crippen LogP contribution in [0.25, 0.3) is 5.69 Å². The Bertz CT molecular complexity index is 825. The molecule has 0 radical (unpaired) electrons. The van der Waals surface area contributed by atoms with Crippen LogP contribution in [-0.2, 0) is 9.53 Å². The number of amides is 1. The second kappa shape index (κ2) is 7.27. The molecule has 1 aliphatic carbocycles. The van der Waals surface area contributed by atoms with Crippen molar-refractivity contribution in [3.63, 3.8) is 0 Å². The van der Waals surface area contributed by atoms with E-state index >= 15 is 0 Å². The van der Waals surface area contributed by atoms with Gasteiger partial charge in [-0.15, -0.1) is 0 Å². The number of nitrogens with zero attached hydrogens (tertiary/aromatic N) is 2. The predicted molar refractivity (Wildman–Crippen MR) is 93.6 cm³/mol. The highest BCUT2D eigenvalue weighted by Crippen LogP contribution is 2.30. The molecule has 26 heavy (non-hydrogen) atoms. The van der Waals surface area contributed by atoms with E-state index in [2.05, 4.69) is 10.4 Å². The quantitative estimate of drug-likeness (QED) is 0.852.